The highest BCUT2D eigenvalue weighted by atomic mass is 35.5. The molecule has 0 radical (unpaired) electrons. The molecule has 0 heterocycles. The van der Waals surface area contributed by atoms with Crippen molar-refractivity contribution in [2.45, 2.75) is 45.1 Å². The lowest BCUT2D eigenvalue weighted by Crippen LogP contribution is -2.36. The summed E-state index contributed by atoms with van der Waals surface area (Å²) in [6, 6.07) is 7.89. The highest BCUT2D eigenvalue weighted by Crippen LogP contribution is 2.26. The molecule has 0 bridgehead atoms. The summed E-state index contributed by atoms with van der Waals surface area (Å²) in [6.45, 7) is 3.17. The average molecular weight is 294 g/mol. The van der Waals surface area contributed by atoms with Gasteiger partial charge in [0.05, 0.1) is 0 Å². The van der Waals surface area contributed by atoms with Crippen LogP contribution in [0.4, 0.5) is 0 Å². The van der Waals surface area contributed by atoms with Gasteiger partial charge in [-0.2, -0.15) is 0 Å². The van der Waals surface area contributed by atoms with Crippen LogP contribution in [0.15, 0.2) is 24.3 Å². The van der Waals surface area contributed by atoms with E-state index in [1.807, 2.05) is 12.1 Å². The van der Waals surface area contributed by atoms with Gasteiger partial charge in [0.2, 0.25) is 0 Å². The molecule has 2 rings (SSSR count). The molecule has 1 aromatic rings. The van der Waals surface area contributed by atoms with Crippen LogP contribution < -0.4 is 0 Å². The molecule has 2 nitrogen and oxygen atoms in total. The van der Waals surface area contributed by atoms with E-state index in [0.717, 1.165) is 18.0 Å². The summed E-state index contributed by atoms with van der Waals surface area (Å²) in [4.78, 5) is 14.5. The zero-order valence-corrected chi connectivity index (χ0v) is 13.2. The zero-order valence-electron chi connectivity index (χ0n) is 12.4. The number of hydrogen-bond donors (Lipinski definition) is 0. The van der Waals surface area contributed by atoms with Gasteiger partial charge >= 0.3 is 0 Å². The van der Waals surface area contributed by atoms with Crippen LogP contribution in [-0.4, -0.2) is 30.3 Å². The first kappa shape index (κ1) is 15.5. The van der Waals surface area contributed by atoms with Crippen molar-refractivity contribution in [3.05, 3.63) is 34.9 Å². The van der Waals surface area contributed by atoms with Crippen molar-refractivity contribution in [3.8, 4) is 0 Å². The second kappa shape index (κ2) is 7.24. The predicted molar refractivity (Wildman–Crippen MR) is 84.4 cm³/mol. The van der Waals surface area contributed by atoms with E-state index in [1.54, 1.807) is 12.1 Å². The Morgan fingerprint density at radius 3 is 2.65 bits per heavy atom. The molecule has 0 aromatic heterocycles. The number of halogens is 1. The smallest absolute Gasteiger partial charge is 0.164 e. The lowest BCUT2D eigenvalue weighted by molar-refractivity contribution is 0.0947. The van der Waals surface area contributed by atoms with E-state index in [9.17, 15) is 4.79 Å². The summed E-state index contributed by atoms with van der Waals surface area (Å²) >= 11 is 5.92. The highest BCUT2D eigenvalue weighted by molar-refractivity contribution is 6.31. The number of Topliss-reactive ketones (excluding diaryl/α,β-unsaturated/α-hetero) is 1. The minimum atomic E-state index is 0.184. The molecule has 1 aliphatic rings. The van der Waals surface area contributed by atoms with Gasteiger partial charge in [-0.1, -0.05) is 30.7 Å². The quantitative estimate of drug-likeness (QED) is 0.749. The Labute approximate surface area is 127 Å². The maximum absolute atomic E-state index is 12.2. The molecule has 1 saturated carbocycles. The van der Waals surface area contributed by atoms with Crippen molar-refractivity contribution in [3.63, 3.8) is 0 Å². The summed E-state index contributed by atoms with van der Waals surface area (Å²) in [7, 11) is 2.14. The van der Waals surface area contributed by atoms with Crippen molar-refractivity contribution in [1.29, 1.82) is 0 Å². The number of carbonyl (C=O) groups excluding carboxylic acids is 1. The van der Waals surface area contributed by atoms with E-state index in [0.29, 0.717) is 17.5 Å². The molecule has 110 valence electrons. The Morgan fingerprint density at radius 1 is 1.30 bits per heavy atom. The van der Waals surface area contributed by atoms with Gasteiger partial charge in [-0.05, 0) is 50.8 Å². The molecule has 0 amide bonds. The van der Waals surface area contributed by atoms with Crippen molar-refractivity contribution < 1.29 is 4.79 Å². The molecule has 0 saturated heterocycles. The van der Waals surface area contributed by atoms with Gasteiger partial charge in [0.1, 0.15) is 0 Å². The summed E-state index contributed by atoms with van der Waals surface area (Å²) in [6.07, 6.45) is 5.74. The minimum absolute atomic E-state index is 0.184. The first-order chi connectivity index (χ1) is 9.56. The van der Waals surface area contributed by atoms with Crippen LogP contribution in [0.3, 0.4) is 0 Å². The minimum Gasteiger partial charge on any atom is -0.303 e. The molecule has 1 aromatic carbocycles. The molecule has 20 heavy (non-hydrogen) atoms. The third-order valence-electron chi connectivity index (χ3n) is 4.45. The van der Waals surface area contributed by atoms with E-state index < -0.39 is 0 Å². The molecule has 0 aliphatic heterocycles. The average Bonchev–Trinajstić information content (AvgIpc) is 2.45. The fourth-order valence-electron chi connectivity index (χ4n) is 2.95. The van der Waals surface area contributed by atoms with Gasteiger partial charge in [-0.3, -0.25) is 4.79 Å². The van der Waals surface area contributed by atoms with Crippen LogP contribution in [0.2, 0.25) is 5.02 Å². The molecule has 0 unspecified atom stereocenters. The molecule has 1 fully saturated rings. The van der Waals surface area contributed by atoms with Crippen LogP contribution in [0.1, 0.15) is 49.4 Å². The van der Waals surface area contributed by atoms with Crippen LogP contribution >= 0.6 is 11.6 Å². The fraction of sp³-hybridized carbons (Fsp3) is 0.588. The Hall–Kier alpha value is -0.860. The van der Waals surface area contributed by atoms with Crippen LogP contribution in [-0.2, 0) is 0 Å². The number of nitrogens with zero attached hydrogens (tertiary/aromatic N) is 1. The summed E-state index contributed by atoms with van der Waals surface area (Å²) in [5.41, 5.74) is 0.725. The van der Waals surface area contributed by atoms with Gasteiger partial charge in [0.15, 0.2) is 5.78 Å². The lowest BCUT2D eigenvalue weighted by atomic mass is 9.86. The number of rotatable bonds is 5. The largest absolute Gasteiger partial charge is 0.303 e. The van der Waals surface area contributed by atoms with Crippen LogP contribution in [0.25, 0.3) is 0 Å². The fourth-order valence-corrected chi connectivity index (χ4v) is 3.14. The third kappa shape index (κ3) is 4.32. The van der Waals surface area contributed by atoms with Gasteiger partial charge < -0.3 is 4.90 Å². The second-order valence-electron chi connectivity index (χ2n) is 6.08. The Balaban J connectivity index is 1.81. The van der Waals surface area contributed by atoms with Crippen molar-refractivity contribution in [2.24, 2.45) is 5.92 Å². The Bertz CT molecular complexity index is 452. The molecule has 0 N–H and O–H groups in total. The van der Waals surface area contributed by atoms with Crippen molar-refractivity contribution in [2.75, 3.05) is 13.6 Å². The molecule has 3 heteroatoms. The van der Waals surface area contributed by atoms with Gasteiger partial charge in [0, 0.05) is 29.6 Å². The normalized spacial score (nSPS) is 23.0. The Morgan fingerprint density at radius 2 is 2.00 bits per heavy atom. The van der Waals surface area contributed by atoms with Crippen molar-refractivity contribution in [1.82, 2.24) is 4.90 Å². The lowest BCUT2D eigenvalue weighted by Gasteiger charge is -2.33. The zero-order chi connectivity index (χ0) is 14.5. The van der Waals surface area contributed by atoms with E-state index in [4.69, 9.17) is 11.6 Å². The van der Waals surface area contributed by atoms with E-state index in [1.165, 1.54) is 25.7 Å². The molecule has 0 spiro atoms. The summed E-state index contributed by atoms with van der Waals surface area (Å²) in [5.74, 6) is 1.05. The molecular weight excluding hydrogens is 270 g/mol. The van der Waals surface area contributed by atoms with Crippen molar-refractivity contribution >= 4 is 17.4 Å². The molecular formula is C17H24ClNO. The van der Waals surface area contributed by atoms with Gasteiger partial charge in [-0.25, -0.2) is 0 Å². The molecule has 0 atom stereocenters. The van der Waals surface area contributed by atoms with Crippen LogP contribution in [0.5, 0.6) is 0 Å². The van der Waals surface area contributed by atoms with Crippen LogP contribution in [0, 0.1) is 5.92 Å². The number of benzene rings is 1. The summed E-state index contributed by atoms with van der Waals surface area (Å²) in [5, 5.41) is 0.630. The molecule has 1 aliphatic carbocycles. The SMILES string of the molecule is CC1CCC(N(C)CCC(=O)c2cccc(Cl)c2)CC1. The van der Waals surface area contributed by atoms with E-state index in [2.05, 4.69) is 18.9 Å². The third-order valence-corrected chi connectivity index (χ3v) is 4.68. The highest BCUT2D eigenvalue weighted by Gasteiger charge is 2.21. The maximum atomic E-state index is 12.2. The maximum Gasteiger partial charge on any atom is 0.164 e. The standard InChI is InChI=1S/C17H24ClNO/c1-13-6-8-16(9-7-13)19(2)11-10-17(20)14-4-3-5-15(18)12-14/h3-5,12-13,16H,6-11H2,1-2H3. The van der Waals surface area contributed by atoms with Gasteiger partial charge in [-0.15, -0.1) is 0 Å². The Kier molecular flexibility index (Phi) is 5.62. The topological polar surface area (TPSA) is 20.3 Å². The number of ketones is 1. The van der Waals surface area contributed by atoms with Gasteiger partial charge in [0.25, 0.3) is 0 Å². The monoisotopic (exact) mass is 293 g/mol. The predicted octanol–water partition coefficient (Wildman–Crippen LogP) is 4.42. The summed E-state index contributed by atoms with van der Waals surface area (Å²) < 4.78 is 0. The first-order valence-corrected chi connectivity index (χ1v) is 7.93. The second-order valence-corrected chi connectivity index (χ2v) is 6.51. The number of hydrogen-bond acceptors (Lipinski definition) is 2. The van der Waals surface area contributed by atoms with E-state index in [-0.39, 0.29) is 5.78 Å². The number of carbonyl (C=O) groups is 1. The van der Waals surface area contributed by atoms with E-state index >= 15 is 0 Å². The first-order valence-electron chi connectivity index (χ1n) is 7.55.